The van der Waals surface area contributed by atoms with E-state index in [4.69, 9.17) is 4.74 Å². The zero-order valence-corrected chi connectivity index (χ0v) is 12.9. The average Bonchev–Trinajstić information content (AvgIpc) is 2.28. The lowest BCUT2D eigenvalue weighted by Gasteiger charge is -2.27. The molecule has 3 atom stereocenters. The maximum Gasteiger partial charge on any atom is 0.507 e. The molecule has 0 heterocycles. The molecule has 1 fully saturated rings. The van der Waals surface area contributed by atoms with Gasteiger partial charge in [-0.25, -0.2) is 4.79 Å². The monoisotopic (exact) mass is 354 g/mol. The summed E-state index contributed by atoms with van der Waals surface area (Å²) < 4.78 is 10.2. The number of hydrogen-bond acceptors (Lipinski definition) is 3. The van der Waals surface area contributed by atoms with Crippen LogP contribution in [0.25, 0.3) is 0 Å². The van der Waals surface area contributed by atoms with Gasteiger partial charge in [-0.3, -0.25) is 0 Å². The van der Waals surface area contributed by atoms with Crippen molar-refractivity contribution >= 4 is 28.7 Å². The van der Waals surface area contributed by atoms with Crippen LogP contribution in [0, 0.1) is 11.8 Å². The number of carbonyl (C=O) groups is 1. The molecule has 0 N–H and O–H groups in total. The number of ether oxygens (including phenoxy) is 2. The van der Waals surface area contributed by atoms with Gasteiger partial charge in [-0.1, -0.05) is 42.4 Å². The zero-order valence-electron chi connectivity index (χ0n) is 10.8. The van der Waals surface area contributed by atoms with E-state index in [1.165, 1.54) is 39.2 Å². The molecule has 0 aromatic rings. The second kappa shape index (κ2) is 8.16. The predicted molar refractivity (Wildman–Crippen MR) is 76.5 cm³/mol. The van der Waals surface area contributed by atoms with Gasteiger partial charge in [0, 0.05) is 3.92 Å². The van der Waals surface area contributed by atoms with Crippen molar-refractivity contribution < 1.29 is 14.3 Å². The number of carbonyl (C=O) groups excluding carboxylic acids is 1. The molecular formula is C13H23IO3. The molecule has 1 aliphatic carbocycles. The average molecular weight is 354 g/mol. The summed E-state index contributed by atoms with van der Waals surface area (Å²) in [5.74, 6) is 1.50. The third kappa shape index (κ3) is 6.48. The molecule has 0 spiro atoms. The van der Waals surface area contributed by atoms with E-state index in [9.17, 15) is 4.79 Å². The molecular weight excluding hydrogens is 331 g/mol. The molecule has 0 saturated heterocycles. The molecule has 1 rings (SSSR count). The van der Waals surface area contributed by atoms with Crippen molar-refractivity contribution in [3.05, 3.63) is 0 Å². The highest BCUT2D eigenvalue weighted by Gasteiger charge is 2.21. The summed E-state index contributed by atoms with van der Waals surface area (Å²) in [6.07, 6.45) is 7.15. The van der Waals surface area contributed by atoms with Gasteiger partial charge in [-0.15, -0.1) is 0 Å². The van der Waals surface area contributed by atoms with Gasteiger partial charge in [0.1, 0.15) is 0 Å². The lowest BCUT2D eigenvalue weighted by atomic mass is 9.82. The highest BCUT2D eigenvalue weighted by Crippen LogP contribution is 2.33. The maximum absolute atomic E-state index is 10.8. The van der Waals surface area contributed by atoms with Crippen LogP contribution in [0.2, 0.25) is 0 Å². The van der Waals surface area contributed by atoms with Crippen LogP contribution in [0.3, 0.4) is 0 Å². The van der Waals surface area contributed by atoms with E-state index in [1.807, 2.05) is 0 Å². The summed E-state index contributed by atoms with van der Waals surface area (Å²) in [6.45, 7) is 2.73. The normalized spacial score (nSPS) is 26.3. The first kappa shape index (κ1) is 15.1. The van der Waals surface area contributed by atoms with Crippen LogP contribution >= 0.6 is 22.6 Å². The van der Waals surface area contributed by atoms with Crippen molar-refractivity contribution in [2.24, 2.45) is 11.8 Å². The van der Waals surface area contributed by atoms with Crippen molar-refractivity contribution in [2.45, 2.75) is 49.4 Å². The zero-order chi connectivity index (χ0) is 12.7. The summed E-state index contributed by atoms with van der Waals surface area (Å²) in [5, 5.41) is 0. The predicted octanol–water partition coefficient (Wildman–Crippen LogP) is 4.18. The summed E-state index contributed by atoms with van der Waals surface area (Å²) in [5.41, 5.74) is 0. The SMILES string of the molecule is COC(=O)OCCC(C)CC1CCCC(I)C1. The van der Waals surface area contributed by atoms with E-state index in [0.29, 0.717) is 12.5 Å². The molecule has 3 unspecified atom stereocenters. The maximum atomic E-state index is 10.8. The minimum atomic E-state index is -0.567. The van der Waals surface area contributed by atoms with Gasteiger partial charge in [-0.05, 0) is 37.5 Å². The van der Waals surface area contributed by atoms with Crippen LogP contribution in [-0.4, -0.2) is 23.8 Å². The quantitative estimate of drug-likeness (QED) is 0.422. The smallest absolute Gasteiger partial charge is 0.438 e. The standard InChI is InChI=1S/C13H23IO3/c1-10(6-7-17-13(15)16-2)8-11-4-3-5-12(14)9-11/h10-12H,3-9H2,1-2H3. The lowest BCUT2D eigenvalue weighted by molar-refractivity contribution is 0.0676. The van der Waals surface area contributed by atoms with E-state index < -0.39 is 6.16 Å². The largest absolute Gasteiger partial charge is 0.507 e. The number of alkyl halides is 1. The second-order valence-corrected chi connectivity index (χ2v) is 6.82. The number of hydrogen-bond donors (Lipinski definition) is 0. The fourth-order valence-electron chi connectivity index (χ4n) is 2.53. The van der Waals surface area contributed by atoms with Crippen LogP contribution in [0.5, 0.6) is 0 Å². The molecule has 0 bridgehead atoms. The van der Waals surface area contributed by atoms with Gasteiger partial charge in [0.2, 0.25) is 0 Å². The Hall–Kier alpha value is 0. The van der Waals surface area contributed by atoms with E-state index in [2.05, 4.69) is 34.3 Å². The van der Waals surface area contributed by atoms with Crippen molar-refractivity contribution in [2.75, 3.05) is 13.7 Å². The Morgan fingerprint density at radius 2 is 2.24 bits per heavy atom. The topological polar surface area (TPSA) is 35.5 Å². The molecule has 1 aliphatic rings. The minimum Gasteiger partial charge on any atom is -0.438 e. The summed E-state index contributed by atoms with van der Waals surface area (Å²) in [7, 11) is 1.34. The van der Waals surface area contributed by atoms with E-state index in [-0.39, 0.29) is 0 Å². The van der Waals surface area contributed by atoms with Crippen LogP contribution < -0.4 is 0 Å². The Balaban J connectivity index is 2.11. The first-order valence-corrected chi connectivity index (χ1v) is 7.71. The van der Waals surface area contributed by atoms with Crippen molar-refractivity contribution in [3.8, 4) is 0 Å². The van der Waals surface area contributed by atoms with Gasteiger partial charge in [-0.2, -0.15) is 0 Å². The molecule has 0 aromatic heterocycles. The molecule has 3 nitrogen and oxygen atoms in total. The fourth-order valence-corrected chi connectivity index (χ4v) is 3.69. The number of methoxy groups -OCH3 is 1. The second-order valence-electron chi connectivity index (χ2n) is 5.06. The van der Waals surface area contributed by atoms with Crippen molar-refractivity contribution in [1.82, 2.24) is 0 Å². The molecule has 0 aliphatic heterocycles. The highest BCUT2D eigenvalue weighted by atomic mass is 127. The molecule has 0 radical (unpaired) electrons. The number of halogens is 1. The van der Waals surface area contributed by atoms with E-state index in [1.54, 1.807) is 0 Å². The van der Waals surface area contributed by atoms with E-state index in [0.717, 1.165) is 16.3 Å². The van der Waals surface area contributed by atoms with Gasteiger partial charge in [0.25, 0.3) is 0 Å². The Kier molecular flexibility index (Phi) is 7.23. The fraction of sp³-hybridized carbons (Fsp3) is 0.923. The molecule has 1 saturated carbocycles. The van der Waals surface area contributed by atoms with Crippen molar-refractivity contribution in [1.29, 1.82) is 0 Å². The Labute approximate surface area is 118 Å². The molecule has 17 heavy (non-hydrogen) atoms. The summed E-state index contributed by atoms with van der Waals surface area (Å²) in [6, 6.07) is 0. The molecule has 4 heteroatoms. The minimum absolute atomic E-state index is 0.480. The summed E-state index contributed by atoms with van der Waals surface area (Å²) in [4.78, 5) is 10.8. The third-order valence-electron chi connectivity index (χ3n) is 3.45. The van der Waals surface area contributed by atoms with Gasteiger partial charge < -0.3 is 9.47 Å². The van der Waals surface area contributed by atoms with Crippen LogP contribution in [0.4, 0.5) is 4.79 Å². The van der Waals surface area contributed by atoms with Gasteiger partial charge in [0.15, 0.2) is 0 Å². The van der Waals surface area contributed by atoms with Crippen LogP contribution in [0.15, 0.2) is 0 Å². The summed E-state index contributed by atoms with van der Waals surface area (Å²) >= 11 is 2.58. The van der Waals surface area contributed by atoms with Gasteiger partial charge in [0.05, 0.1) is 13.7 Å². The lowest BCUT2D eigenvalue weighted by Crippen LogP contribution is -2.18. The Morgan fingerprint density at radius 3 is 2.88 bits per heavy atom. The van der Waals surface area contributed by atoms with Crippen molar-refractivity contribution in [3.63, 3.8) is 0 Å². The molecule has 100 valence electrons. The first-order chi connectivity index (χ1) is 8.11. The molecule has 0 amide bonds. The number of rotatable bonds is 5. The Bertz CT molecular complexity index is 233. The molecule has 0 aromatic carbocycles. The third-order valence-corrected chi connectivity index (χ3v) is 4.58. The highest BCUT2D eigenvalue weighted by molar-refractivity contribution is 14.1. The Morgan fingerprint density at radius 1 is 1.47 bits per heavy atom. The van der Waals surface area contributed by atoms with Crippen LogP contribution in [-0.2, 0) is 9.47 Å². The first-order valence-electron chi connectivity index (χ1n) is 6.46. The van der Waals surface area contributed by atoms with Crippen LogP contribution in [0.1, 0.15) is 45.4 Å². The van der Waals surface area contributed by atoms with Gasteiger partial charge >= 0.3 is 6.16 Å². The van der Waals surface area contributed by atoms with E-state index >= 15 is 0 Å².